The van der Waals surface area contributed by atoms with E-state index >= 15 is 0 Å². The average Bonchev–Trinajstić information content (AvgIpc) is 2.94. The maximum absolute atomic E-state index is 13.0. The minimum Gasteiger partial charge on any atom is -0.341 e. The van der Waals surface area contributed by atoms with Gasteiger partial charge in [0, 0.05) is 31.7 Å². The van der Waals surface area contributed by atoms with Gasteiger partial charge in [-0.25, -0.2) is 9.78 Å². The summed E-state index contributed by atoms with van der Waals surface area (Å²) in [5, 5.41) is 0.415. The first-order chi connectivity index (χ1) is 17.4. The topological polar surface area (TPSA) is 103 Å². The van der Waals surface area contributed by atoms with Gasteiger partial charge in [0.25, 0.3) is 5.56 Å². The van der Waals surface area contributed by atoms with Crippen LogP contribution in [0, 0.1) is 0 Å². The highest BCUT2D eigenvalue weighted by molar-refractivity contribution is 5.83. The molecule has 1 amide bonds. The molecule has 5 rings (SSSR count). The maximum atomic E-state index is 13.0. The van der Waals surface area contributed by atoms with Gasteiger partial charge in [0.15, 0.2) is 0 Å². The molecule has 2 aromatic heterocycles. The lowest BCUT2D eigenvalue weighted by Crippen LogP contribution is -2.43. The molecule has 0 saturated carbocycles. The Hall–Kier alpha value is -4.04. The number of likely N-dealkylation sites (tertiary alicyclic amines) is 1. The molecule has 1 aliphatic heterocycles. The number of aromatic nitrogens is 3. The van der Waals surface area contributed by atoms with Gasteiger partial charge in [-0.05, 0) is 36.1 Å². The van der Waals surface area contributed by atoms with E-state index in [1.807, 2.05) is 71.6 Å². The molecule has 8 heteroatoms. The second kappa shape index (κ2) is 9.91. The summed E-state index contributed by atoms with van der Waals surface area (Å²) in [4.78, 5) is 45.4. The summed E-state index contributed by atoms with van der Waals surface area (Å²) in [6.45, 7) is 1.49. The van der Waals surface area contributed by atoms with E-state index in [0.29, 0.717) is 30.7 Å². The summed E-state index contributed by atoms with van der Waals surface area (Å²) in [7, 11) is 1.49. The fourth-order valence-electron chi connectivity index (χ4n) is 4.91. The molecule has 1 saturated heterocycles. The molecule has 1 atom stereocenters. The van der Waals surface area contributed by atoms with Crippen molar-refractivity contribution in [1.29, 1.82) is 0 Å². The van der Waals surface area contributed by atoms with E-state index in [1.54, 1.807) is 10.6 Å². The highest BCUT2D eigenvalue weighted by Gasteiger charge is 2.28. The number of rotatable bonds is 5. The van der Waals surface area contributed by atoms with Gasteiger partial charge in [-0.3, -0.25) is 18.7 Å². The van der Waals surface area contributed by atoms with Gasteiger partial charge in [0.2, 0.25) is 5.91 Å². The molecule has 36 heavy (non-hydrogen) atoms. The van der Waals surface area contributed by atoms with Gasteiger partial charge in [0.05, 0.1) is 11.9 Å². The lowest BCUT2D eigenvalue weighted by atomic mass is 9.92. The van der Waals surface area contributed by atoms with Crippen molar-refractivity contribution in [2.24, 2.45) is 12.8 Å². The van der Waals surface area contributed by atoms with Crippen molar-refractivity contribution in [1.82, 2.24) is 19.0 Å². The molecule has 1 aliphatic rings. The van der Waals surface area contributed by atoms with Crippen molar-refractivity contribution >= 4 is 16.9 Å². The SMILES string of the molecule is Cn1c(=O)c2ccc(C3CCN(C(=O)C(N)c4ccccc4)CC3)nc2n(Cc2ccccc2)c1=O. The average molecular weight is 484 g/mol. The van der Waals surface area contributed by atoms with Crippen LogP contribution in [0.25, 0.3) is 11.0 Å². The van der Waals surface area contributed by atoms with Crippen LogP contribution in [0.15, 0.2) is 82.4 Å². The molecule has 2 aromatic carbocycles. The highest BCUT2D eigenvalue weighted by atomic mass is 16.2. The molecule has 1 unspecified atom stereocenters. The third kappa shape index (κ3) is 4.47. The number of benzene rings is 2. The number of carbonyl (C=O) groups excluding carboxylic acids is 1. The second-order valence-electron chi connectivity index (χ2n) is 9.31. The standard InChI is InChI=1S/C28H29N5O3/c1-31-26(34)22-12-13-23(30-25(22)33(28(31)36)18-19-8-4-2-5-9-19)20-14-16-32(17-15-20)27(35)24(29)21-10-6-3-7-11-21/h2-13,20,24H,14-18,29H2,1H3. The molecule has 2 N–H and O–H groups in total. The molecule has 184 valence electrons. The Bertz CT molecular complexity index is 1500. The van der Waals surface area contributed by atoms with E-state index < -0.39 is 11.7 Å². The molecular weight excluding hydrogens is 454 g/mol. The molecule has 8 nitrogen and oxygen atoms in total. The smallest absolute Gasteiger partial charge is 0.332 e. The Labute approximate surface area is 208 Å². The number of piperidine rings is 1. The van der Waals surface area contributed by atoms with Gasteiger partial charge in [0.1, 0.15) is 11.7 Å². The van der Waals surface area contributed by atoms with Gasteiger partial charge >= 0.3 is 5.69 Å². The fraction of sp³-hybridized carbons (Fsp3) is 0.286. The molecular formula is C28H29N5O3. The van der Waals surface area contributed by atoms with E-state index in [9.17, 15) is 14.4 Å². The highest BCUT2D eigenvalue weighted by Crippen LogP contribution is 2.29. The first-order valence-corrected chi connectivity index (χ1v) is 12.2. The third-order valence-electron chi connectivity index (χ3n) is 7.04. The zero-order valence-electron chi connectivity index (χ0n) is 20.2. The monoisotopic (exact) mass is 483 g/mol. The number of amides is 1. The predicted molar refractivity (Wildman–Crippen MR) is 139 cm³/mol. The van der Waals surface area contributed by atoms with Crippen LogP contribution >= 0.6 is 0 Å². The predicted octanol–water partition coefficient (Wildman–Crippen LogP) is 2.55. The lowest BCUT2D eigenvalue weighted by Gasteiger charge is -2.33. The first-order valence-electron chi connectivity index (χ1n) is 12.2. The van der Waals surface area contributed by atoms with Crippen molar-refractivity contribution in [2.45, 2.75) is 31.3 Å². The number of carbonyl (C=O) groups is 1. The summed E-state index contributed by atoms with van der Waals surface area (Å²) in [6.07, 6.45) is 1.47. The number of fused-ring (bicyclic) bond motifs is 1. The van der Waals surface area contributed by atoms with Crippen LogP contribution in [-0.4, -0.2) is 38.0 Å². The van der Waals surface area contributed by atoms with Crippen LogP contribution in [0.5, 0.6) is 0 Å². The van der Waals surface area contributed by atoms with Gasteiger partial charge in [-0.15, -0.1) is 0 Å². The molecule has 1 fully saturated rings. The van der Waals surface area contributed by atoms with Crippen molar-refractivity contribution in [3.8, 4) is 0 Å². The number of nitrogens with two attached hydrogens (primary N) is 1. The van der Waals surface area contributed by atoms with Gasteiger partial charge in [-0.2, -0.15) is 0 Å². The quantitative estimate of drug-likeness (QED) is 0.470. The maximum Gasteiger partial charge on any atom is 0.332 e. The van der Waals surface area contributed by atoms with Gasteiger partial charge < -0.3 is 10.6 Å². The van der Waals surface area contributed by atoms with Gasteiger partial charge in [-0.1, -0.05) is 60.7 Å². The van der Waals surface area contributed by atoms with E-state index in [0.717, 1.165) is 34.2 Å². The van der Waals surface area contributed by atoms with E-state index in [-0.39, 0.29) is 17.4 Å². The van der Waals surface area contributed by atoms with Crippen molar-refractivity contribution < 1.29 is 4.79 Å². The normalized spacial score (nSPS) is 15.2. The Morgan fingerprint density at radius 1 is 0.972 bits per heavy atom. The number of nitrogens with zero attached hydrogens (tertiary/aromatic N) is 4. The third-order valence-corrected chi connectivity index (χ3v) is 7.04. The zero-order valence-corrected chi connectivity index (χ0v) is 20.2. The van der Waals surface area contributed by atoms with Crippen LogP contribution < -0.4 is 17.0 Å². The van der Waals surface area contributed by atoms with Crippen LogP contribution in [0.3, 0.4) is 0 Å². The van der Waals surface area contributed by atoms with Crippen LogP contribution in [-0.2, 0) is 18.4 Å². The molecule has 0 aliphatic carbocycles. The van der Waals surface area contributed by atoms with Crippen LogP contribution in [0.4, 0.5) is 0 Å². The van der Waals surface area contributed by atoms with E-state index in [1.165, 1.54) is 7.05 Å². The van der Waals surface area contributed by atoms with Crippen molar-refractivity contribution in [3.05, 3.63) is 110 Å². The second-order valence-corrected chi connectivity index (χ2v) is 9.31. The Kier molecular flexibility index (Phi) is 6.52. The minimum atomic E-state index is -0.676. The summed E-state index contributed by atoms with van der Waals surface area (Å²) < 4.78 is 2.69. The van der Waals surface area contributed by atoms with Crippen molar-refractivity contribution in [2.75, 3.05) is 13.1 Å². The Morgan fingerprint density at radius 2 is 1.61 bits per heavy atom. The minimum absolute atomic E-state index is 0.0775. The Balaban J connectivity index is 1.40. The Morgan fingerprint density at radius 3 is 2.28 bits per heavy atom. The first kappa shape index (κ1) is 23.7. The molecule has 0 bridgehead atoms. The summed E-state index contributed by atoms with van der Waals surface area (Å²) in [5.74, 6) is 0.0436. The number of hydrogen-bond acceptors (Lipinski definition) is 5. The summed E-state index contributed by atoms with van der Waals surface area (Å²) in [6, 6.07) is 22.0. The molecule has 0 radical (unpaired) electrons. The van der Waals surface area contributed by atoms with E-state index in [2.05, 4.69) is 0 Å². The molecule has 0 spiro atoms. The number of hydrogen-bond donors (Lipinski definition) is 1. The number of pyridine rings is 1. The molecule has 3 heterocycles. The lowest BCUT2D eigenvalue weighted by molar-refractivity contribution is -0.133. The molecule has 4 aromatic rings. The van der Waals surface area contributed by atoms with E-state index in [4.69, 9.17) is 10.7 Å². The largest absolute Gasteiger partial charge is 0.341 e. The van der Waals surface area contributed by atoms with Crippen LogP contribution in [0.1, 0.15) is 41.6 Å². The fourth-order valence-corrected chi connectivity index (χ4v) is 4.91. The summed E-state index contributed by atoms with van der Waals surface area (Å²) >= 11 is 0. The van der Waals surface area contributed by atoms with Crippen molar-refractivity contribution in [3.63, 3.8) is 0 Å². The zero-order chi connectivity index (χ0) is 25.2. The summed E-state index contributed by atoms with van der Waals surface area (Å²) in [5.41, 5.74) is 8.47. The van der Waals surface area contributed by atoms with Crippen LogP contribution in [0.2, 0.25) is 0 Å².